The summed E-state index contributed by atoms with van der Waals surface area (Å²) in [6, 6.07) is 13.4. The first kappa shape index (κ1) is 26.8. The second kappa shape index (κ2) is 9.55. The van der Waals surface area contributed by atoms with Crippen LogP contribution in [0.2, 0.25) is 0 Å². The first-order valence-electron chi connectivity index (χ1n) is 11.7. The van der Waals surface area contributed by atoms with Crippen LogP contribution >= 0.6 is 0 Å². The predicted octanol–water partition coefficient (Wildman–Crippen LogP) is 6.34. The summed E-state index contributed by atoms with van der Waals surface area (Å²) >= 11 is 0. The van der Waals surface area contributed by atoms with Gasteiger partial charge < -0.3 is 14.9 Å². The highest BCUT2D eigenvalue weighted by Crippen LogP contribution is 2.45. The van der Waals surface area contributed by atoms with Crippen LogP contribution in [0, 0.1) is 0 Å². The molecule has 198 valence electrons. The number of amides is 1. The summed E-state index contributed by atoms with van der Waals surface area (Å²) in [5.41, 5.74) is -0.550. The van der Waals surface area contributed by atoms with Crippen molar-refractivity contribution in [3.05, 3.63) is 94.6 Å². The van der Waals surface area contributed by atoms with Crippen LogP contribution in [-0.2, 0) is 21.2 Å². The Morgan fingerprint density at radius 3 is 2.16 bits per heavy atom. The van der Waals surface area contributed by atoms with Gasteiger partial charge in [-0.15, -0.1) is 0 Å². The van der Waals surface area contributed by atoms with Crippen molar-refractivity contribution < 1.29 is 37.7 Å². The lowest BCUT2D eigenvalue weighted by molar-refractivity contribution is -0.137. The molecule has 3 aromatic carbocycles. The Balaban J connectivity index is 2.00. The number of benzene rings is 3. The molecule has 1 unspecified atom stereocenters. The maximum atomic E-state index is 13.5. The van der Waals surface area contributed by atoms with Crippen LogP contribution < -0.4 is 9.64 Å². The van der Waals surface area contributed by atoms with Gasteiger partial charge in [-0.3, -0.25) is 14.5 Å². The number of phenols is 1. The molecule has 2 N–H and O–H groups in total. The molecule has 0 radical (unpaired) electrons. The minimum absolute atomic E-state index is 0.0932. The highest BCUT2D eigenvalue weighted by Gasteiger charge is 2.47. The molecule has 1 aliphatic rings. The fourth-order valence-corrected chi connectivity index (χ4v) is 4.41. The number of aliphatic hydroxyl groups excluding tert-OH is 1. The highest BCUT2D eigenvalue weighted by atomic mass is 19.4. The molecule has 3 aromatic rings. The maximum Gasteiger partial charge on any atom is 0.416 e. The Hall–Kier alpha value is -4.27. The van der Waals surface area contributed by atoms with Crippen LogP contribution in [0.1, 0.15) is 49.1 Å². The Kier molecular flexibility index (Phi) is 6.73. The molecule has 0 aliphatic carbocycles. The van der Waals surface area contributed by atoms with Crippen molar-refractivity contribution in [1.82, 2.24) is 0 Å². The van der Waals surface area contributed by atoms with E-state index >= 15 is 0 Å². The zero-order chi connectivity index (χ0) is 28.0. The molecule has 0 aromatic heterocycles. The SMILES string of the molecule is COc1ccc(C(C)(C)C)cc1/C(O)=C1\C(=O)C(=O)N(c2cccc(C(F)(F)F)c2)C1c1ccc(O)cc1. The third-order valence-electron chi connectivity index (χ3n) is 6.43. The van der Waals surface area contributed by atoms with Crippen molar-refractivity contribution >= 4 is 23.1 Å². The number of ether oxygens (including phenoxy) is 1. The van der Waals surface area contributed by atoms with Crippen LogP contribution in [-0.4, -0.2) is 29.0 Å². The average Bonchev–Trinajstić information content (AvgIpc) is 3.13. The predicted molar refractivity (Wildman–Crippen MR) is 136 cm³/mol. The molecule has 1 aliphatic heterocycles. The van der Waals surface area contributed by atoms with Gasteiger partial charge in [-0.1, -0.05) is 45.0 Å². The van der Waals surface area contributed by atoms with E-state index in [1.54, 1.807) is 12.1 Å². The number of anilines is 1. The van der Waals surface area contributed by atoms with Gasteiger partial charge in [0.05, 0.1) is 29.9 Å². The minimum atomic E-state index is -4.68. The lowest BCUT2D eigenvalue weighted by Gasteiger charge is -2.26. The molecule has 1 saturated heterocycles. The van der Waals surface area contributed by atoms with Gasteiger partial charge in [-0.05, 0) is 59.0 Å². The molecule has 1 fully saturated rings. The second-order valence-corrected chi connectivity index (χ2v) is 9.97. The Bertz CT molecular complexity index is 1440. The number of hydrogen-bond donors (Lipinski definition) is 2. The quantitative estimate of drug-likeness (QED) is 0.236. The molecule has 9 heteroatoms. The van der Waals surface area contributed by atoms with Crippen molar-refractivity contribution in [3.63, 3.8) is 0 Å². The number of methoxy groups -OCH3 is 1. The van der Waals surface area contributed by atoms with Gasteiger partial charge in [0, 0.05) is 5.69 Å². The van der Waals surface area contributed by atoms with Crippen LogP contribution in [0.15, 0.2) is 72.3 Å². The summed E-state index contributed by atoms with van der Waals surface area (Å²) in [5, 5.41) is 21.3. The first-order chi connectivity index (χ1) is 17.7. The van der Waals surface area contributed by atoms with Gasteiger partial charge in [0.15, 0.2) is 0 Å². The Morgan fingerprint density at radius 2 is 1.58 bits per heavy atom. The summed E-state index contributed by atoms with van der Waals surface area (Å²) in [5.74, 6) is -2.55. The van der Waals surface area contributed by atoms with Crippen LogP contribution in [0.3, 0.4) is 0 Å². The molecule has 0 bridgehead atoms. The molecule has 1 heterocycles. The van der Waals surface area contributed by atoms with Crippen molar-refractivity contribution in [2.75, 3.05) is 12.0 Å². The van der Waals surface area contributed by atoms with Crippen molar-refractivity contribution in [2.45, 2.75) is 38.4 Å². The van der Waals surface area contributed by atoms with Gasteiger partial charge >= 0.3 is 6.18 Å². The van der Waals surface area contributed by atoms with E-state index in [2.05, 4.69) is 0 Å². The molecule has 0 saturated carbocycles. The number of aliphatic hydroxyl groups is 1. The monoisotopic (exact) mass is 525 g/mol. The lowest BCUT2D eigenvalue weighted by atomic mass is 9.85. The van der Waals surface area contributed by atoms with Crippen molar-refractivity contribution in [1.29, 1.82) is 0 Å². The molecule has 0 spiro atoms. The first-order valence-corrected chi connectivity index (χ1v) is 11.7. The van der Waals surface area contributed by atoms with Gasteiger partial charge in [0.2, 0.25) is 0 Å². The second-order valence-electron chi connectivity index (χ2n) is 9.97. The van der Waals surface area contributed by atoms with Crippen LogP contribution in [0.5, 0.6) is 11.5 Å². The maximum absolute atomic E-state index is 13.5. The molecular weight excluding hydrogens is 499 g/mol. The van der Waals surface area contributed by atoms with E-state index in [-0.39, 0.29) is 33.7 Å². The molecule has 6 nitrogen and oxygen atoms in total. The molecule has 38 heavy (non-hydrogen) atoms. The van der Waals surface area contributed by atoms with E-state index in [1.165, 1.54) is 37.4 Å². The number of carbonyl (C=O) groups excluding carboxylic acids is 2. The number of hydrogen-bond acceptors (Lipinski definition) is 5. The van der Waals surface area contributed by atoms with E-state index in [0.29, 0.717) is 5.56 Å². The number of ketones is 1. The van der Waals surface area contributed by atoms with E-state index in [4.69, 9.17) is 4.74 Å². The number of phenolic OH excluding ortho intramolecular Hbond substituents is 1. The highest BCUT2D eigenvalue weighted by molar-refractivity contribution is 6.51. The number of nitrogens with zero attached hydrogens (tertiary/aromatic N) is 1. The topological polar surface area (TPSA) is 87.1 Å². The number of Topliss-reactive ketones (excluding diaryl/α,β-unsaturated/α-hetero) is 1. The lowest BCUT2D eigenvalue weighted by Crippen LogP contribution is -2.29. The zero-order valence-corrected chi connectivity index (χ0v) is 21.1. The summed E-state index contributed by atoms with van der Waals surface area (Å²) < 4.78 is 45.8. The summed E-state index contributed by atoms with van der Waals surface area (Å²) in [6.45, 7) is 5.88. The smallest absolute Gasteiger partial charge is 0.416 e. The van der Waals surface area contributed by atoms with Gasteiger partial charge in [0.25, 0.3) is 11.7 Å². The third kappa shape index (κ3) is 4.83. The molecule has 1 amide bonds. The van der Waals surface area contributed by atoms with Crippen LogP contribution in [0.25, 0.3) is 5.76 Å². The molecule has 4 rings (SSSR count). The summed E-state index contributed by atoms with van der Waals surface area (Å²) in [4.78, 5) is 27.6. The number of aromatic hydroxyl groups is 1. The van der Waals surface area contributed by atoms with Crippen molar-refractivity contribution in [3.8, 4) is 11.5 Å². The normalized spacial score (nSPS) is 17.7. The van der Waals surface area contributed by atoms with Gasteiger partial charge in [-0.2, -0.15) is 13.2 Å². The average molecular weight is 526 g/mol. The minimum Gasteiger partial charge on any atom is -0.508 e. The van der Waals surface area contributed by atoms with E-state index in [9.17, 15) is 33.0 Å². The molecular formula is C29H26F3NO5. The number of alkyl halides is 3. The molecule has 1 atom stereocenters. The Morgan fingerprint density at radius 1 is 0.921 bits per heavy atom. The van der Waals surface area contributed by atoms with Gasteiger partial charge in [0.1, 0.15) is 17.3 Å². The third-order valence-corrected chi connectivity index (χ3v) is 6.43. The standard InChI is InChI=1S/C29H26F3NO5/c1-28(2,3)17-10-13-22(38-4)21(15-17)25(35)23-24(16-8-11-20(34)12-9-16)33(27(37)26(23)36)19-7-5-6-18(14-19)29(30,31)32/h5-15,24,34-35H,1-4H3/b25-23+. The van der Waals surface area contributed by atoms with Gasteiger partial charge in [-0.25, -0.2) is 0 Å². The van der Waals surface area contributed by atoms with E-state index < -0.39 is 35.2 Å². The largest absolute Gasteiger partial charge is 0.508 e. The number of rotatable bonds is 4. The van der Waals surface area contributed by atoms with E-state index in [1.807, 2.05) is 26.8 Å². The summed E-state index contributed by atoms with van der Waals surface area (Å²) in [6.07, 6.45) is -4.68. The fraction of sp³-hybridized carbons (Fsp3) is 0.241. The van der Waals surface area contributed by atoms with E-state index in [0.717, 1.165) is 28.7 Å². The fourth-order valence-electron chi connectivity index (χ4n) is 4.41. The number of carbonyl (C=O) groups is 2. The number of halogens is 3. The Labute approximate surface area is 217 Å². The van der Waals surface area contributed by atoms with Crippen LogP contribution in [0.4, 0.5) is 18.9 Å². The van der Waals surface area contributed by atoms with Crippen molar-refractivity contribution in [2.24, 2.45) is 0 Å². The summed E-state index contributed by atoms with van der Waals surface area (Å²) in [7, 11) is 1.39. The zero-order valence-electron chi connectivity index (χ0n) is 21.1.